The predicted octanol–water partition coefficient (Wildman–Crippen LogP) is 1.25. The Kier molecular flexibility index (Phi) is 3.72. The molecule has 0 atom stereocenters. The second-order valence-corrected chi connectivity index (χ2v) is 6.09. The first-order valence-corrected chi connectivity index (χ1v) is 8.17. The van der Waals surface area contributed by atoms with Gasteiger partial charge in [0.25, 0.3) is 0 Å². The Bertz CT molecular complexity index is 838. The lowest BCUT2D eigenvalue weighted by molar-refractivity contribution is 0.775. The Morgan fingerprint density at radius 2 is 1.71 bits per heavy atom. The molecule has 4 rings (SSSR count). The maximum absolute atomic E-state index is 4.59. The Labute approximate surface area is 140 Å². The zero-order valence-electron chi connectivity index (χ0n) is 13.9. The van der Waals surface area contributed by atoms with Crippen LogP contribution in [-0.2, 0) is 0 Å². The summed E-state index contributed by atoms with van der Waals surface area (Å²) in [6, 6.07) is 2.00. The SMILES string of the molecule is Cc1cc(C)nc(N2CCCN(c3nccn4cnnc34)CC2)n1. The van der Waals surface area contributed by atoms with E-state index >= 15 is 0 Å². The molecule has 1 saturated heterocycles. The second-order valence-electron chi connectivity index (χ2n) is 6.09. The zero-order chi connectivity index (χ0) is 16.5. The first kappa shape index (κ1) is 14.8. The van der Waals surface area contributed by atoms with E-state index in [0.29, 0.717) is 0 Å². The predicted molar refractivity (Wildman–Crippen MR) is 91.3 cm³/mol. The molecule has 24 heavy (non-hydrogen) atoms. The Morgan fingerprint density at radius 1 is 0.958 bits per heavy atom. The van der Waals surface area contributed by atoms with Crippen LogP contribution in [0.4, 0.5) is 11.8 Å². The number of anilines is 2. The molecule has 0 unspecified atom stereocenters. The minimum Gasteiger partial charge on any atom is -0.352 e. The molecule has 124 valence electrons. The first-order chi connectivity index (χ1) is 11.7. The molecule has 1 aliphatic heterocycles. The van der Waals surface area contributed by atoms with E-state index in [2.05, 4.69) is 34.9 Å². The maximum atomic E-state index is 4.59. The van der Waals surface area contributed by atoms with Gasteiger partial charge in [0.1, 0.15) is 6.33 Å². The van der Waals surface area contributed by atoms with Gasteiger partial charge in [0.05, 0.1) is 0 Å². The Morgan fingerprint density at radius 3 is 2.54 bits per heavy atom. The topological polar surface area (TPSA) is 75.3 Å². The van der Waals surface area contributed by atoms with Crippen molar-refractivity contribution in [1.29, 1.82) is 0 Å². The number of hydrogen-bond acceptors (Lipinski definition) is 7. The summed E-state index contributed by atoms with van der Waals surface area (Å²) in [4.78, 5) is 18.2. The van der Waals surface area contributed by atoms with E-state index in [1.807, 2.05) is 30.5 Å². The van der Waals surface area contributed by atoms with Crippen molar-refractivity contribution in [3.8, 4) is 0 Å². The zero-order valence-corrected chi connectivity index (χ0v) is 13.9. The van der Waals surface area contributed by atoms with Gasteiger partial charge in [-0.1, -0.05) is 0 Å². The van der Waals surface area contributed by atoms with E-state index in [4.69, 9.17) is 0 Å². The van der Waals surface area contributed by atoms with E-state index < -0.39 is 0 Å². The van der Waals surface area contributed by atoms with Crippen LogP contribution >= 0.6 is 0 Å². The molecule has 0 radical (unpaired) electrons. The average Bonchev–Trinajstić information content (AvgIpc) is 2.90. The van der Waals surface area contributed by atoms with Crippen LogP contribution in [0.5, 0.6) is 0 Å². The number of nitrogens with zero attached hydrogens (tertiary/aromatic N) is 8. The Balaban J connectivity index is 1.57. The average molecular weight is 324 g/mol. The monoisotopic (exact) mass is 324 g/mol. The summed E-state index contributed by atoms with van der Waals surface area (Å²) < 4.78 is 1.90. The highest BCUT2D eigenvalue weighted by molar-refractivity contribution is 5.63. The molecular formula is C16H20N8. The smallest absolute Gasteiger partial charge is 0.225 e. The van der Waals surface area contributed by atoms with E-state index in [1.54, 1.807) is 12.5 Å². The van der Waals surface area contributed by atoms with Gasteiger partial charge in [0.15, 0.2) is 5.82 Å². The van der Waals surface area contributed by atoms with Gasteiger partial charge < -0.3 is 9.80 Å². The van der Waals surface area contributed by atoms with Crippen LogP contribution in [0.1, 0.15) is 17.8 Å². The summed E-state index contributed by atoms with van der Waals surface area (Å²) in [6.45, 7) is 7.61. The molecule has 0 spiro atoms. The van der Waals surface area contributed by atoms with E-state index in [1.165, 1.54) is 0 Å². The van der Waals surface area contributed by atoms with Gasteiger partial charge in [-0.25, -0.2) is 15.0 Å². The quantitative estimate of drug-likeness (QED) is 0.702. The van der Waals surface area contributed by atoms with Crippen molar-refractivity contribution in [2.75, 3.05) is 36.0 Å². The molecule has 1 fully saturated rings. The van der Waals surface area contributed by atoms with Crippen molar-refractivity contribution in [3.63, 3.8) is 0 Å². The number of aryl methyl sites for hydroxylation is 2. The van der Waals surface area contributed by atoms with Crippen LogP contribution in [0.2, 0.25) is 0 Å². The fourth-order valence-electron chi connectivity index (χ4n) is 3.15. The van der Waals surface area contributed by atoms with Crippen molar-refractivity contribution in [1.82, 2.24) is 29.5 Å². The second kappa shape index (κ2) is 6.03. The van der Waals surface area contributed by atoms with E-state index in [-0.39, 0.29) is 0 Å². The number of rotatable bonds is 2. The van der Waals surface area contributed by atoms with Crippen LogP contribution in [0.15, 0.2) is 24.8 Å². The minimum absolute atomic E-state index is 0.800. The molecule has 0 bridgehead atoms. The van der Waals surface area contributed by atoms with Gasteiger partial charge in [-0.15, -0.1) is 10.2 Å². The molecule has 0 saturated carbocycles. The summed E-state index contributed by atoms with van der Waals surface area (Å²) in [5.74, 6) is 1.71. The van der Waals surface area contributed by atoms with Gasteiger partial charge in [-0.3, -0.25) is 4.40 Å². The lowest BCUT2D eigenvalue weighted by Crippen LogP contribution is -2.32. The fraction of sp³-hybridized carbons (Fsp3) is 0.438. The highest BCUT2D eigenvalue weighted by Gasteiger charge is 2.20. The molecule has 8 heteroatoms. The molecular weight excluding hydrogens is 304 g/mol. The van der Waals surface area contributed by atoms with Gasteiger partial charge in [0, 0.05) is 50.0 Å². The van der Waals surface area contributed by atoms with Crippen LogP contribution in [0, 0.1) is 13.8 Å². The third kappa shape index (κ3) is 2.75. The highest BCUT2D eigenvalue weighted by Crippen LogP contribution is 2.19. The number of aromatic nitrogens is 6. The van der Waals surface area contributed by atoms with Crippen molar-refractivity contribution in [2.24, 2.45) is 0 Å². The van der Waals surface area contributed by atoms with Crippen LogP contribution < -0.4 is 9.80 Å². The molecule has 0 aliphatic carbocycles. The minimum atomic E-state index is 0.800. The van der Waals surface area contributed by atoms with Crippen molar-refractivity contribution >= 4 is 17.4 Å². The lowest BCUT2D eigenvalue weighted by atomic mass is 10.3. The van der Waals surface area contributed by atoms with Gasteiger partial charge in [0.2, 0.25) is 11.6 Å². The van der Waals surface area contributed by atoms with Crippen LogP contribution in [0.3, 0.4) is 0 Å². The van der Waals surface area contributed by atoms with Crippen molar-refractivity contribution < 1.29 is 0 Å². The molecule has 0 amide bonds. The number of hydrogen-bond donors (Lipinski definition) is 0. The summed E-state index contributed by atoms with van der Waals surface area (Å²) in [5, 5.41) is 8.17. The summed E-state index contributed by atoms with van der Waals surface area (Å²) in [7, 11) is 0. The normalized spacial score (nSPS) is 15.8. The van der Waals surface area contributed by atoms with Crippen molar-refractivity contribution in [3.05, 3.63) is 36.2 Å². The third-order valence-electron chi connectivity index (χ3n) is 4.25. The Hall–Kier alpha value is -2.77. The fourth-order valence-corrected chi connectivity index (χ4v) is 3.15. The molecule has 0 aromatic carbocycles. The van der Waals surface area contributed by atoms with Crippen LogP contribution in [-0.4, -0.2) is 55.7 Å². The molecule has 4 heterocycles. The van der Waals surface area contributed by atoms with E-state index in [0.717, 1.165) is 61.4 Å². The van der Waals surface area contributed by atoms with Gasteiger partial charge >= 0.3 is 0 Å². The summed E-state index contributed by atoms with van der Waals surface area (Å²) in [6.07, 6.45) is 6.38. The largest absolute Gasteiger partial charge is 0.352 e. The third-order valence-corrected chi connectivity index (χ3v) is 4.25. The lowest BCUT2D eigenvalue weighted by Gasteiger charge is -2.23. The van der Waals surface area contributed by atoms with Crippen molar-refractivity contribution in [2.45, 2.75) is 20.3 Å². The molecule has 0 N–H and O–H groups in total. The van der Waals surface area contributed by atoms with Gasteiger partial charge in [-0.05, 0) is 26.3 Å². The number of fused-ring (bicyclic) bond motifs is 1. The molecule has 1 aliphatic rings. The molecule has 8 nitrogen and oxygen atoms in total. The summed E-state index contributed by atoms with van der Waals surface area (Å²) in [5.41, 5.74) is 2.82. The maximum Gasteiger partial charge on any atom is 0.225 e. The first-order valence-electron chi connectivity index (χ1n) is 8.17. The van der Waals surface area contributed by atoms with E-state index in [9.17, 15) is 0 Å². The van der Waals surface area contributed by atoms with Crippen LogP contribution in [0.25, 0.3) is 5.65 Å². The standard InChI is InChI=1S/C16H20N8/c1-12-10-13(2)20-16(19-12)23-6-3-5-22(8-9-23)14-15-21-18-11-24(15)7-4-17-14/h4,7,10-11H,3,5-6,8-9H2,1-2H3. The van der Waals surface area contributed by atoms with Gasteiger partial charge in [-0.2, -0.15) is 0 Å². The highest BCUT2D eigenvalue weighted by atomic mass is 15.3. The molecule has 3 aromatic rings. The molecule has 3 aromatic heterocycles. The summed E-state index contributed by atoms with van der Waals surface area (Å²) >= 11 is 0.